The molecule has 3 amide bonds. The summed E-state index contributed by atoms with van der Waals surface area (Å²) in [7, 11) is 3.97. The maximum absolute atomic E-state index is 13.8. The third kappa shape index (κ3) is 4.85. The molecule has 7 heteroatoms. The molecule has 0 aromatic heterocycles. The van der Waals surface area contributed by atoms with E-state index in [1.807, 2.05) is 20.2 Å². The first-order valence-electron chi connectivity index (χ1n) is 11.5. The van der Waals surface area contributed by atoms with Crippen LogP contribution in [0.15, 0.2) is 18.2 Å². The van der Waals surface area contributed by atoms with Crippen LogP contribution in [0.5, 0.6) is 5.75 Å². The molecule has 1 aromatic rings. The lowest BCUT2D eigenvalue weighted by Crippen LogP contribution is -2.56. The first-order chi connectivity index (χ1) is 14.8. The van der Waals surface area contributed by atoms with Crippen molar-refractivity contribution in [2.24, 2.45) is 0 Å². The van der Waals surface area contributed by atoms with E-state index in [-0.39, 0.29) is 11.9 Å². The van der Waals surface area contributed by atoms with Crippen LogP contribution in [-0.4, -0.2) is 54.5 Å². The fraction of sp³-hybridized carbons (Fsp3) is 0.667. The van der Waals surface area contributed by atoms with Crippen LogP contribution in [0.1, 0.15) is 70.8 Å². The lowest BCUT2D eigenvalue weighted by Gasteiger charge is -2.46. The Kier molecular flexibility index (Phi) is 7.53. The molecular formula is C24H36ClN3O3. The second kappa shape index (κ2) is 9.78. The second-order valence-electron chi connectivity index (χ2n) is 9.26. The van der Waals surface area contributed by atoms with E-state index >= 15 is 0 Å². The maximum Gasteiger partial charge on any atom is 0.325 e. The van der Waals surface area contributed by atoms with Crippen molar-refractivity contribution in [3.8, 4) is 5.75 Å². The Balaban J connectivity index is 2.01. The summed E-state index contributed by atoms with van der Waals surface area (Å²) in [5.41, 5.74) is -0.915. The monoisotopic (exact) mass is 449 g/mol. The molecule has 172 valence electrons. The van der Waals surface area contributed by atoms with Crippen LogP contribution < -0.4 is 10.1 Å². The summed E-state index contributed by atoms with van der Waals surface area (Å²) in [4.78, 5) is 30.2. The summed E-state index contributed by atoms with van der Waals surface area (Å²) in [5.74, 6) is 0.479. The number of nitrogens with one attached hydrogen (secondary N) is 1. The van der Waals surface area contributed by atoms with Gasteiger partial charge in [0.2, 0.25) is 0 Å². The van der Waals surface area contributed by atoms with Gasteiger partial charge < -0.3 is 15.0 Å². The van der Waals surface area contributed by atoms with E-state index in [1.165, 1.54) is 4.90 Å². The predicted octanol–water partition coefficient (Wildman–Crippen LogP) is 4.94. The highest BCUT2D eigenvalue weighted by atomic mass is 35.5. The lowest BCUT2D eigenvalue weighted by molar-refractivity contribution is -0.136. The fourth-order valence-corrected chi connectivity index (χ4v) is 5.02. The van der Waals surface area contributed by atoms with Gasteiger partial charge in [0.15, 0.2) is 5.54 Å². The second-order valence-corrected chi connectivity index (χ2v) is 9.69. The SMILES string of the molecule is CCCCC1(CCCC)CC2(NC(=O)N(CCCN(C)C)C2=O)c2cc(Cl)ccc2O1. The van der Waals surface area contributed by atoms with Gasteiger partial charge in [-0.3, -0.25) is 9.69 Å². The zero-order valence-corrected chi connectivity index (χ0v) is 20.1. The molecule has 0 saturated carbocycles. The minimum absolute atomic E-state index is 0.180. The molecule has 0 radical (unpaired) electrons. The van der Waals surface area contributed by atoms with Crippen molar-refractivity contribution in [2.75, 3.05) is 27.2 Å². The number of hydrogen-bond donors (Lipinski definition) is 1. The van der Waals surface area contributed by atoms with Crippen molar-refractivity contribution in [2.45, 2.75) is 76.4 Å². The van der Waals surface area contributed by atoms with Crippen LogP contribution in [0.4, 0.5) is 4.79 Å². The normalized spacial score (nSPS) is 22.1. The predicted molar refractivity (Wildman–Crippen MR) is 124 cm³/mol. The van der Waals surface area contributed by atoms with Gasteiger partial charge in [-0.25, -0.2) is 4.79 Å². The number of benzene rings is 1. The summed E-state index contributed by atoms with van der Waals surface area (Å²) in [6.45, 7) is 5.54. The van der Waals surface area contributed by atoms with Gasteiger partial charge >= 0.3 is 6.03 Å². The molecule has 1 saturated heterocycles. The Bertz CT molecular complexity index is 805. The van der Waals surface area contributed by atoms with E-state index in [9.17, 15) is 9.59 Å². The number of ether oxygens (including phenoxy) is 1. The zero-order valence-electron chi connectivity index (χ0n) is 19.3. The van der Waals surface area contributed by atoms with Gasteiger partial charge in [-0.1, -0.05) is 38.3 Å². The van der Waals surface area contributed by atoms with E-state index < -0.39 is 11.1 Å². The molecule has 2 aliphatic rings. The third-order valence-corrected chi connectivity index (χ3v) is 6.68. The van der Waals surface area contributed by atoms with E-state index in [2.05, 4.69) is 24.1 Å². The highest BCUT2D eigenvalue weighted by Gasteiger charge is 2.60. The Morgan fingerprint density at radius 2 is 1.81 bits per heavy atom. The van der Waals surface area contributed by atoms with Crippen molar-refractivity contribution < 1.29 is 14.3 Å². The number of nitrogens with zero attached hydrogens (tertiary/aromatic N) is 2. The standard InChI is InChI=1S/C24H36ClN3O3/c1-5-7-12-23(13-8-6-2)17-24(19-16-18(25)10-11-20(19)31-23)21(29)28(22(30)26-24)15-9-14-27(3)4/h10-11,16H,5-9,12-15,17H2,1-4H3,(H,26,30). The molecule has 0 aliphatic carbocycles. The van der Waals surface area contributed by atoms with E-state index in [4.69, 9.17) is 16.3 Å². The number of fused-ring (bicyclic) bond motifs is 2. The molecule has 2 aliphatic heterocycles. The molecule has 1 spiro atoms. The number of urea groups is 1. The molecule has 1 N–H and O–H groups in total. The number of unbranched alkanes of at least 4 members (excludes halogenated alkanes) is 2. The zero-order chi connectivity index (χ0) is 22.6. The Hall–Kier alpha value is -1.79. The van der Waals surface area contributed by atoms with Crippen LogP contribution in [0.25, 0.3) is 0 Å². The minimum Gasteiger partial charge on any atom is -0.487 e. The molecule has 31 heavy (non-hydrogen) atoms. The molecule has 1 aromatic carbocycles. The summed E-state index contributed by atoms with van der Waals surface area (Å²) < 4.78 is 6.61. The topological polar surface area (TPSA) is 61.9 Å². The van der Waals surface area contributed by atoms with Crippen LogP contribution in [-0.2, 0) is 10.3 Å². The van der Waals surface area contributed by atoms with Gasteiger partial charge in [-0.05, 0) is 70.9 Å². The van der Waals surface area contributed by atoms with Gasteiger partial charge in [-0.2, -0.15) is 0 Å². The number of amides is 3. The molecule has 0 bridgehead atoms. The van der Waals surface area contributed by atoms with Crippen molar-refractivity contribution in [1.29, 1.82) is 0 Å². The Morgan fingerprint density at radius 1 is 1.13 bits per heavy atom. The fourth-order valence-electron chi connectivity index (χ4n) is 4.85. The maximum atomic E-state index is 13.8. The number of carbonyl (C=O) groups is 2. The van der Waals surface area contributed by atoms with Crippen LogP contribution in [0.2, 0.25) is 5.02 Å². The van der Waals surface area contributed by atoms with Crippen LogP contribution in [0.3, 0.4) is 0 Å². The first kappa shape index (κ1) is 23.9. The number of hydrogen-bond acceptors (Lipinski definition) is 4. The van der Waals surface area contributed by atoms with Crippen molar-refractivity contribution in [1.82, 2.24) is 15.1 Å². The number of halogens is 1. The molecule has 3 rings (SSSR count). The molecule has 2 heterocycles. The molecular weight excluding hydrogens is 414 g/mol. The number of rotatable bonds is 10. The highest BCUT2D eigenvalue weighted by molar-refractivity contribution is 6.30. The molecule has 1 unspecified atom stereocenters. The average molecular weight is 450 g/mol. The van der Waals surface area contributed by atoms with Gasteiger partial charge in [0.1, 0.15) is 11.4 Å². The summed E-state index contributed by atoms with van der Waals surface area (Å²) in [6.07, 6.45) is 7.02. The highest BCUT2D eigenvalue weighted by Crippen LogP contribution is 2.50. The average Bonchev–Trinajstić information content (AvgIpc) is 2.96. The van der Waals surface area contributed by atoms with Gasteiger partial charge in [-0.15, -0.1) is 0 Å². The van der Waals surface area contributed by atoms with Crippen molar-refractivity contribution in [3.05, 3.63) is 28.8 Å². The van der Waals surface area contributed by atoms with Crippen LogP contribution >= 0.6 is 11.6 Å². The van der Waals surface area contributed by atoms with Gasteiger partial charge in [0, 0.05) is 23.6 Å². The van der Waals surface area contributed by atoms with Gasteiger partial charge in [0.05, 0.1) is 0 Å². The summed E-state index contributed by atoms with van der Waals surface area (Å²) in [5, 5.41) is 3.62. The van der Waals surface area contributed by atoms with Crippen molar-refractivity contribution in [3.63, 3.8) is 0 Å². The number of imide groups is 1. The largest absolute Gasteiger partial charge is 0.487 e. The molecule has 1 atom stereocenters. The number of carbonyl (C=O) groups excluding carboxylic acids is 2. The van der Waals surface area contributed by atoms with Crippen LogP contribution in [0, 0.1) is 0 Å². The smallest absolute Gasteiger partial charge is 0.325 e. The Morgan fingerprint density at radius 3 is 2.42 bits per heavy atom. The first-order valence-corrected chi connectivity index (χ1v) is 11.9. The summed E-state index contributed by atoms with van der Waals surface area (Å²) in [6, 6.07) is 5.10. The summed E-state index contributed by atoms with van der Waals surface area (Å²) >= 11 is 6.32. The molecule has 1 fully saturated rings. The quantitative estimate of drug-likeness (QED) is 0.514. The van der Waals surface area contributed by atoms with Crippen molar-refractivity contribution >= 4 is 23.5 Å². The van der Waals surface area contributed by atoms with E-state index in [1.54, 1.807) is 12.1 Å². The Labute approximate surface area is 191 Å². The third-order valence-electron chi connectivity index (χ3n) is 6.45. The van der Waals surface area contributed by atoms with E-state index in [0.717, 1.165) is 51.5 Å². The lowest BCUT2D eigenvalue weighted by atomic mass is 9.72. The van der Waals surface area contributed by atoms with Gasteiger partial charge in [0.25, 0.3) is 5.91 Å². The molecule has 6 nitrogen and oxygen atoms in total. The van der Waals surface area contributed by atoms with E-state index in [0.29, 0.717) is 29.3 Å². The minimum atomic E-state index is -1.12.